The average Bonchev–Trinajstić information content (AvgIpc) is 3.28. The molecular formula is C25H21F2N3O4. The van der Waals surface area contributed by atoms with E-state index in [-0.39, 0.29) is 23.6 Å². The minimum absolute atomic E-state index is 0.210. The number of hydrogen-bond acceptors (Lipinski definition) is 5. The Labute approximate surface area is 193 Å². The van der Waals surface area contributed by atoms with Crippen LogP contribution in [0.1, 0.15) is 45.0 Å². The van der Waals surface area contributed by atoms with E-state index in [1.54, 1.807) is 49.5 Å². The highest BCUT2D eigenvalue weighted by Gasteiger charge is 2.39. The predicted octanol–water partition coefficient (Wildman–Crippen LogP) is 3.38. The van der Waals surface area contributed by atoms with Crippen LogP contribution < -0.4 is 10.1 Å². The zero-order valence-electron chi connectivity index (χ0n) is 18.1. The van der Waals surface area contributed by atoms with E-state index >= 15 is 0 Å². The van der Waals surface area contributed by atoms with E-state index in [0.717, 1.165) is 12.1 Å². The van der Waals surface area contributed by atoms with Crippen LogP contribution in [0.25, 0.3) is 5.65 Å². The van der Waals surface area contributed by atoms with Crippen LogP contribution in [-0.2, 0) is 6.61 Å². The maximum absolute atomic E-state index is 14.0. The van der Waals surface area contributed by atoms with Gasteiger partial charge in [-0.25, -0.2) is 13.8 Å². The van der Waals surface area contributed by atoms with E-state index in [2.05, 4.69) is 10.3 Å². The van der Waals surface area contributed by atoms with Crippen LogP contribution in [0.3, 0.4) is 0 Å². The molecule has 1 unspecified atom stereocenters. The summed E-state index contributed by atoms with van der Waals surface area (Å²) >= 11 is 0. The van der Waals surface area contributed by atoms with Crippen molar-refractivity contribution in [2.75, 3.05) is 0 Å². The molecule has 0 aliphatic heterocycles. The Morgan fingerprint density at radius 3 is 2.50 bits per heavy atom. The number of fused-ring (bicyclic) bond motifs is 2. The summed E-state index contributed by atoms with van der Waals surface area (Å²) in [5, 5.41) is 23.6. The highest BCUT2D eigenvalue weighted by atomic mass is 19.1. The van der Waals surface area contributed by atoms with Gasteiger partial charge in [-0.3, -0.25) is 9.20 Å². The van der Waals surface area contributed by atoms with Gasteiger partial charge in [0.15, 0.2) is 11.4 Å². The number of nitrogens with zero attached hydrogens (tertiary/aromatic N) is 2. The molecule has 1 amide bonds. The van der Waals surface area contributed by atoms with E-state index in [1.807, 2.05) is 0 Å². The van der Waals surface area contributed by atoms with E-state index in [9.17, 15) is 23.8 Å². The first-order valence-corrected chi connectivity index (χ1v) is 10.7. The molecule has 174 valence electrons. The zero-order chi connectivity index (χ0) is 24.0. The van der Waals surface area contributed by atoms with Crippen LogP contribution in [0.4, 0.5) is 8.78 Å². The maximum Gasteiger partial charge on any atom is 0.270 e. The monoisotopic (exact) mass is 465 g/mol. The molecule has 4 aromatic rings. The fourth-order valence-electron chi connectivity index (χ4n) is 4.35. The summed E-state index contributed by atoms with van der Waals surface area (Å²) in [4.78, 5) is 17.7. The van der Waals surface area contributed by atoms with Crippen molar-refractivity contribution in [2.45, 2.75) is 31.8 Å². The summed E-state index contributed by atoms with van der Waals surface area (Å²) in [6.45, 7) is 1.30. The number of benzene rings is 2. The smallest absolute Gasteiger partial charge is 0.270 e. The Morgan fingerprint density at radius 2 is 1.76 bits per heavy atom. The maximum atomic E-state index is 14.0. The number of aliphatic hydroxyl groups is 2. The lowest BCUT2D eigenvalue weighted by Crippen LogP contribution is -2.35. The number of aryl methyl sites for hydroxylation is 1. The molecule has 3 N–H and O–H groups in total. The molecule has 9 heteroatoms. The van der Waals surface area contributed by atoms with E-state index in [1.165, 1.54) is 10.5 Å². The van der Waals surface area contributed by atoms with Crippen LogP contribution in [0, 0.1) is 18.6 Å². The lowest BCUT2D eigenvalue weighted by atomic mass is 10.1. The van der Waals surface area contributed by atoms with Gasteiger partial charge < -0.3 is 20.3 Å². The summed E-state index contributed by atoms with van der Waals surface area (Å²) in [6.07, 6.45) is -0.687. The molecule has 34 heavy (non-hydrogen) atoms. The molecule has 2 heterocycles. The molecule has 0 bridgehead atoms. The fraction of sp³-hybridized carbons (Fsp3) is 0.200. The number of aromatic nitrogens is 2. The molecule has 0 saturated carbocycles. The molecule has 2 aromatic heterocycles. The number of amides is 1. The first kappa shape index (κ1) is 22.0. The van der Waals surface area contributed by atoms with Crippen LogP contribution in [0.2, 0.25) is 0 Å². The van der Waals surface area contributed by atoms with Gasteiger partial charge in [-0.15, -0.1) is 0 Å². The van der Waals surface area contributed by atoms with Gasteiger partial charge in [0.05, 0.1) is 17.3 Å². The molecule has 0 radical (unpaired) electrons. The molecule has 0 fully saturated rings. The molecular weight excluding hydrogens is 444 g/mol. The number of nitrogens with one attached hydrogen (secondary N) is 1. The quantitative estimate of drug-likeness (QED) is 0.420. The third-order valence-corrected chi connectivity index (χ3v) is 6.04. The Balaban J connectivity index is 1.44. The first-order valence-electron chi connectivity index (χ1n) is 10.7. The summed E-state index contributed by atoms with van der Waals surface area (Å²) < 4.78 is 35.1. The van der Waals surface area contributed by atoms with Crippen LogP contribution in [-0.4, -0.2) is 31.6 Å². The van der Waals surface area contributed by atoms with Crippen molar-refractivity contribution in [2.24, 2.45) is 0 Å². The molecule has 0 saturated heterocycles. The number of ether oxygens (including phenoxy) is 1. The van der Waals surface area contributed by atoms with Crippen LogP contribution in [0.15, 0.2) is 60.8 Å². The Morgan fingerprint density at radius 1 is 1.06 bits per heavy atom. The molecule has 3 atom stereocenters. The second kappa shape index (κ2) is 8.51. The lowest BCUT2D eigenvalue weighted by molar-refractivity contribution is 0.0107. The van der Waals surface area contributed by atoms with Crippen LogP contribution >= 0.6 is 0 Å². The molecule has 0 spiro atoms. The normalized spacial score (nSPS) is 19.3. The molecule has 7 nitrogen and oxygen atoms in total. The summed E-state index contributed by atoms with van der Waals surface area (Å²) in [5.41, 5.74) is 1.90. The first-order chi connectivity index (χ1) is 16.4. The van der Waals surface area contributed by atoms with Crippen molar-refractivity contribution in [1.82, 2.24) is 14.7 Å². The number of pyridine rings is 1. The lowest BCUT2D eigenvalue weighted by Gasteiger charge is -2.19. The van der Waals surface area contributed by atoms with Gasteiger partial charge in [-0.05, 0) is 42.3 Å². The van der Waals surface area contributed by atoms with Crippen molar-refractivity contribution in [3.05, 3.63) is 101 Å². The van der Waals surface area contributed by atoms with Gasteiger partial charge in [0.1, 0.15) is 36.1 Å². The van der Waals surface area contributed by atoms with E-state index in [4.69, 9.17) is 4.74 Å². The SMILES string of the molecule is Cc1nc2c(OCc3c(F)cccc3F)cccn2c1C(=O)NC1c2ccccc2[C@H](O)[C@H]1O. The largest absolute Gasteiger partial charge is 0.485 e. The van der Waals surface area contributed by atoms with Gasteiger partial charge in [0, 0.05) is 6.20 Å². The topological polar surface area (TPSA) is 96.1 Å². The van der Waals surface area contributed by atoms with Crippen molar-refractivity contribution < 1.29 is 28.5 Å². The third kappa shape index (κ3) is 3.59. The third-order valence-electron chi connectivity index (χ3n) is 6.04. The number of imidazole rings is 1. The summed E-state index contributed by atoms with van der Waals surface area (Å²) in [6, 6.07) is 13.0. The Kier molecular flexibility index (Phi) is 5.51. The van der Waals surface area contributed by atoms with Crippen molar-refractivity contribution in [3.63, 3.8) is 0 Å². The number of aliphatic hydroxyl groups excluding tert-OH is 2. The summed E-state index contributed by atoms with van der Waals surface area (Å²) in [5.74, 6) is -1.70. The van der Waals surface area contributed by atoms with E-state index < -0.39 is 35.8 Å². The van der Waals surface area contributed by atoms with Crippen molar-refractivity contribution >= 4 is 11.6 Å². The van der Waals surface area contributed by atoms with Crippen LogP contribution in [0.5, 0.6) is 5.75 Å². The highest BCUT2D eigenvalue weighted by molar-refractivity contribution is 5.95. The standard InChI is InChI=1S/C25H21F2N3O4/c1-13-21(25(33)29-20-14-6-2-3-7-15(14)22(31)23(20)32)30-11-5-10-19(24(30)28-13)34-12-16-17(26)8-4-9-18(16)27/h2-11,20,22-23,31-32H,12H2,1H3,(H,29,33)/t20?,22-,23-/m0/s1. The molecule has 1 aliphatic carbocycles. The minimum atomic E-state index is -1.20. The van der Waals surface area contributed by atoms with Crippen molar-refractivity contribution in [3.8, 4) is 5.75 Å². The number of halogens is 2. The number of hydrogen-bond donors (Lipinski definition) is 3. The predicted molar refractivity (Wildman–Crippen MR) is 118 cm³/mol. The minimum Gasteiger partial charge on any atom is -0.485 e. The van der Waals surface area contributed by atoms with Gasteiger partial charge in [-0.2, -0.15) is 0 Å². The number of carbonyl (C=O) groups is 1. The average molecular weight is 465 g/mol. The van der Waals surface area contributed by atoms with Gasteiger partial charge >= 0.3 is 0 Å². The number of rotatable bonds is 5. The van der Waals surface area contributed by atoms with Gasteiger partial charge in [0.25, 0.3) is 5.91 Å². The van der Waals surface area contributed by atoms with Gasteiger partial charge in [0.2, 0.25) is 0 Å². The molecule has 2 aromatic carbocycles. The second-order valence-electron chi connectivity index (χ2n) is 8.12. The Hall–Kier alpha value is -3.82. The summed E-state index contributed by atoms with van der Waals surface area (Å²) in [7, 11) is 0. The van der Waals surface area contributed by atoms with E-state index in [0.29, 0.717) is 22.5 Å². The fourth-order valence-corrected chi connectivity index (χ4v) is 4.35. The second-order valence-corrected chi connectivity index (χ2v) is 8.12. The Bertz CT molecular complexity index is 1380. The number of carbonyl (C=O) groups excluding carboxylic acids is 1. The molecule has 1 aliphatic rings. The zero-order valence-corrected chi connectivity index (χ0v) is 18.1. The highest BCUT2D eigenvalue weighted by Crippen LogP contribution is 2.39. The molecule has 5 rings (SSSR count). The van der Waals surface area contributed by atoms with Crippen molar-refractivity contribution in [1.29, 1.82) is 0 Å². The van der Waals surface area contributed by atoms with Gasteiger partial charge in [-0.1, -0.05) is 30.3 Å².